The van der Waals surface area contributed by atoms with Gasteiger partial charge in [-0.2, -0.15) is 0 Å². The van der Waals surface area contributed by atoms with E-state index in [1.54, 1.807) is 12.5 Å². The van der Waals surface area contributed by atoms with Crippen LogP contribution in [0.1, 0.15) is 19.3 Å². The fraction of sp³-hybridized carbons (Fsp3) is 0.444. The number of nitrogens with zero attached hydrogens (tertiary/aromatic N) is 4. The molecule has 5 heteroatoms. The molecule has 1 N–H and O–H groups in total. The second-order valence-electron chi connectivity index (χ2n) is 3.61. The van der Waals surface area contributed by atoms with E-state index in [1.807, 2.05) is 10.6 Å². The Morgan fingerprint density at radius 3 is 3.14 bits per heavy atom. The largest absolute Gasteiger partial charge is 0.364 e. The van der Waals surface area contributed by atoms with Crippen LogP contribution >= 0.6 is 0 Å². The molecule has 2 aromatic heterocycles. The lowest BCUT2D eigenvalue weighted by Gasteiger charge is -2.26. The van der Waals surface area contributed by atoms with Crippen LogP contribution in [-0.4, -0.2) is 25.6 Å². The number of nitrogens with one attached hydrogen (secondary N) is 1. The molecule has 0 spiro atoms. The maximum absolute atomic E-state index is 4.27. The molecule has 14 heavy (non-hydrogen) atoms. The zero-order valence-electron chi connectivity index (χ0n) is 7.72. The number of fused-ring (bicyclic) bond motifs is 1. The van der Waals surface area contributed by atoms with Crippen molar-refractivity contribution in [2.24, 2.45) is 0 Å². The van der Waals surface area contributed by atoms with E-state index in [9.17, 15) is 0 Å². The molecular formula is C9H11N5. The van der Waals surface area contributed by atoms with Crippen LogP contribution in [0.5, 0.6) is 0 Å². The van der Waals surface area contributed by atoms with Gasteiger partial charge in [0.25, 0.3) is 0 Å². The molecule has 0 unspecified atom stereocenters. The van der Waals surface area contributed by atoms with Crippen LogP contribution in [0.4, 0.5) is 5.82 Å². The van der Waals surface area contributed by atoms with Crippen molar-refractivity contribution in [2.75, 3.05) is 5.32 Å². The van der Waals surface area contributed by atoms with E-state index in [0.717, 1.165) is 11.5 Å². The van der Waals surface area contributed by atoms with Gasteiger partial charge in [0, 0.05) is 18.4 Å². The standard InChI is InChI=1S/C9H11N5/c1-2-7(3-1)12-8-9-13-11-6-14(9)5-4-10-8/h4-7H,1-3H2,(H,10,12). The van der Waals surface area contributed by atoms with Gasteiger partial charge in [-0.15, -0.1) is 10.2 Å². The molecule has 0 saturated heterocycles. The number of aromatic nitrogens is 4. The van der Waals surface area contributed by atoms with E-state index >= 15 is 0 Å². The highest BCUT2D eigenvalue weighted by atomic mass is 15.2. The monoisotopic (exact) mass is 189 g/mol. The minimum Gasteiger partial charge on any atom is -0.364 e. The predicted octanol–water partition coefficient (Wildman–Crippen LogP) is 1.09. The molecule has 0 aliphatic heterocycles. The first-order valence-corrected chi connectivity index (χ1v) is 4.84. The Morgan fingerprint density at radius 1 is 1.43 bits per heavy atom. The van der Waals surface area contributed by atoms with Crippen molar-refractivity contribution in [1.29, 1.82) is 0 Å². The van der Waals surface area contributed by atoms with E-state index in [0.29, 0.717) is 6.04 Å². The Hall–Kier alpha value is -1.65. The molecule has 2 heterocycles. The fourth-order valence-electron chi connectivity index (χ4n) is 1.61. The van der Waals surface area contributed by atoms with Crippen molar-refractivity contribution >= 4 is 11.5 Å². The second-order valence-corrected chi connectivity index (χ2v) is 3.61. The van der Waals surface area contributed by atoms with Crippen molar-refractivity contribution in [3.05, 3.63) is 18.7 Å². The number of hydrogen-bond donors (Lipinski definition) is 1. The van der Waals surface area contributed by atoms with Crippen LogP contribution in [0.25, 0.3) is 5.65 Å². The third-order valence-electron chi connectivity index (χ3n) is 2.66. The summed E-state index contributed by atoms with van der Waals surface area (Å²) in [5.41, 5.74) is 0.805. The van der Waals surface area contributed by atoms with Crippen LogP contribution in [-0.2, 0) is 0 Å². The van der Waals surface area contributed by atoms with Crippen molar-refractivity contribution in [3.63, 3.8) is 0 Å². The fourth-order valence-corrected chi connectivity index (χ4v) is 1.61. The lowest BCUT2D eigenvalue weighted by Crippen LogP contribution is -2.27. The molecule has 0 atom stereocenters. The molecule has 2 aromatic rings. The zero-order valence-corrected chi connectivity index (χ0v) is 7.72. The summed E-state index contributed by atoms with van der Waals surface area (Å²) >= 11 is 0. The number of anilines is 1. The van der Waals surface area contributed by atoms with E-state index in [2.05, 4.69) is 20.5 Å². The average molecular weight is 189 g/mol. The first kappa shape index (κ1) is 7.73. The highest BCUT2D eigenvalue weighted by molar-refractivity contribution is 5.61. The summed E-state index contributed by atoms with van der Waals surface area (Å²) in [6.07, 6.45) is 9.07. The lowest BCUT2D eigenvalue weighted by atomic mass is 9.93. The van der Waals surface area contributed by atoms with Crippen LogP contribution in [0.2, 0.25) is 0 Å². The first-order valence-electron chi connectivity index (χ1n) is 4.84. The topological polar surface area (TPSA) is 55.1 Å². The maximum Gasteiger partial charge on any atom is 0.203 e. The van der Waals surface area contributed by atoms with Gasteiger partial charge in [0.2, 0.25) is 5.65 Å². The Labute approximate surface area is 81.2 Å². The molecule has 3 rings (SSSR count). The van der Waals surface area contributed by atoms with Crippen LogP contribution in [0.3, 0.4) is 0 Å². The van der Waals surface area contributed by atoms with Crippen molar-refractivity contribution in [1.82, 2.24) is 19.6 Å². The van der Waals surface area contributed by atoms with Gasteiger partial charge in [0.15, 0.2) is 5.82 Å². The molecular weight excluding hydrogens is 178 g/mol. The van der Waals surface area contributed by atoms with Gasteiger partial charge < -0.3 is 5.32 Å². The quantitative estimate of drug-likeness (QED) is 0.768. The third kappa shape index (κ3) is 1.13. The maximum atomic E-state index is 4.27. The minimum absolute atomic E-state index is 0.574. The summed E-state index contributed by atoms with van der Waals surface area (Å²) < 4.78 is 1.87. The van der Waals surface area contributed by atoms with E-state index in [4.69, 9.17) is 0 Å². The normalized spacial score (nSPS) is 16.9. The molecule has 1 fully saturated rings. The number of rotatable bonds is 2. The summed E-state index contributed by atoms with van der Waals surface area (Å²) in [5.74, 6) is 0.842. The van der Waals surface area contributed by atoms with E-state index in [-0.39, 0.29) is 0 Å². The summed E-state index contributed by atoms with van der Waals surface area (Å²) in [7, 11) is 0. The minimum atomic E-state index is 0.574. The summed E-state index contributed by atoms with van der Waals surface area (Å²) in [6, 6.07) is 0.574. The molecule has 0 bridgehead atoms. The van der Waals surface area contributed by atoms with E-state index < -0.39 is 0 Å². The molecule has 0 radical (unpaired) electrons. The van der Waals surface area contributed by atoms with Crippen molar-refractivity contribution in [3.8, 4) is 0 Å². The first-order chi connectivity index (χ1) is 6.93. The van der Waals surface area contributed by atoms with Gasteiger partial charge in [0.05, 0.1) is 0 Å². The van der Waals surface area contributed by atoms with Crippen LogP contribution in [0.15, 0.2) is 18.7 Å². The average Bonchev–Trinajstić information content (AvgIpc) is 2.59. The predicted molar refractivity (Wildman–Crippen MR) is 52.0 cm³/mol. The van der Waals surface area contributed by atoms with E-state index in [1.165, 1.54) is 19.3 Å². The highest BCUT2D eigenvalue weighted by Gasteiger charge is 2.18. The smallest absolute Gasteiger partial charge is 0.203 e. The third-order valence-corrected chi connectivity index (χ3v) is 2.66. The zero-order chi connectivity index (χ0) is 9.38. The Balaban J connectivity index is 1.97. The number of hydrogen-bond acceptors (Lipinski definition) is 4. The van der Waals surface area contributed by atoms with Gasteiger partial charge >= 0.3 is 0 Å². The van der Waals surface area contributed by atoms with Gasteiger partial charge in [0.1, 0.15) is 6.33 Å². The second kappa shape index (κ2) is 2.94. The highest BCUT2D eigenvalue weighted by Crippen LogP contribution is 2.23. The van der Waals surface area contributed by atoms with Crippen LogP contribution in [0, 0.1) is 0 Å². The SMILES string of the molecule is c1cn2cnnc2c(NC2CCC2)n1. The Morgan fingerprint density at radius 2 is 2.36 bits per heavy atom. The Kier molecular flexibility index (Phi) is 1.62. The summed E-state index contributed by atoms with van der Waals surface area (Å²) in [6.45, 7) is 0. The molecule has 1 saturated carbocycles. The van der Waals surface area contributed by atoms with Gasteiger partial charge in [-0.25, -0.2) is 4.98 Å². The van der Waals surface area contributed by atoms with Crippen LogP contribution < -0.4 is 5.32 Å². The van der Waals surface area contributed by atoms with Gasteiger partial charge in [-0.05, 0) is 19.3 Å². The Bertz CT molecular complexity index is 445. The summed E-state index contributed by atoms with van der Waals surface area (Å²) in [5, 5.41) is 11.2. The summed E-state index contributed by atoms with van der Waals surface area (Å²) in [4.78, 5) is 4.27. The van der Waals surface area contributed by atoms with Gasteiger partial charge in [-0.3, -0.25) is 4.40 Å². The molecule has 5 nitrogen and oxygen atoms in total. The molecule has 1 aliphatic rings. The molecule has 1 aliphatic carbocycles. The van der Waals surface area contributed by atoms with Crippen molar-refractivity contribution < 1.29 is 0 Å². The lowest BCUT2D eigenvalue weighted by molar-refractivity contribution is 0.444. The molecule has 0 aromatic carbocycles. The molecule has 72 valence electrons. The van der Waals surface area contributed by atoms with Gasteiger partial charge in [-0.1, -0.05) is 0 Å². The molecule has 0 amide bonds. The van der Waals surface area contributed by atoms with Crippen molar-refractivity contribution in [2.45, 2.75) is 25.3 Å².